The van der Waals surface area contributed by atoms with Crippen LogP contribution in [0.1, 0.15) is 71.8 Å². The van der Waals surface area contributed by atoms with E-state index in [1.165, 1.54) is 4.90 Å². The molecule has 0 radical (unpaired) electrons. The Kier molecular flexibility index (Phi) is 18.5. The van der Waals surface area contributed by atoms with Crippen LogP contribution in [0.5, 0.6) is 0 Å². The maximum Gasteiger partial charge on any atom is 1.00 e. The fraction of sp³-hybridized carbons (Fsp3) is 0.474. The molecule has 4 N–H and O–H groups in total. The van der Waals surface area contributed by atoms with Gasteiger partial charge in [0.2, 0.25) is 11.8 Å². The number of benzene rings is 3. The van der Waals surface area contributed by atoms with Gasteiger partial charge in [0.25, 0.3) is 0 Å². The number of carbonyl (C=O) groups excluding carboxylic acids is 4. The summed E-state index contributed by atoms with van der Waals surface area (Å²) in [6.07, 6.45) is -0.269. The second-order valence-corrected chi connectivity index (χ2v) is 12.9. The van der Waals surface area contributed by atoms with Gasteiger partial charge in [-0.1, -0.05) is 100 Å². The maximum absolute atomic E-state index is 14.0. The molecule has 0 fully saturated rings. The van der Waals surface area contributed by atoms with E-state index in [0.717, 1.165) is 22.8 Å². The van der Waals surface area contributed by atoms with Gasteiger partial charge >= 0.3 is 35.7 Å². The number of carboxylic acid groups (broad SMARTS) is 1. The summed E-state index contributed by atoms with van der Waals surface area (Å²) in [5.74, 6) is -3.55. The van der Waals surface area contributed by atoms with E-state index < -0.39 is 54.0 Å². The van der Waals surface area contributed by atoms with Crippen LogP contribution < -0.4 is 50.2 Å². The predicted octanol–water partition coefficient (Wildman–Crippen LogP) is 1.08. The average Bonchev–Trinajstić information content (AvgIpc) is 3.08. The molecule has 3 amide bonds. The van der Waals surface area contributed by atoms with Crippen molar-refractivity contribution in [3.63, 3.8) is 0 Å². The van der Waals surface area contributed by atoms with Gasteiger partial charge in [0.1, 0.15) is 18.7 Å². The smallest absolute Gasteiger partial charge is 0.550 e. The average molecular weight is 700 g/mol. The number of unbranched alkanes of at least 4 members (excludes halogenated alkanes) is 1. The number of nitrogens with one attached hydrogen (secondary N) is 2. The Labute approximate surface area is 317 Å². The molecule has 0 saturated heterocycles. The molecule has 50 heavy (non-hydrogen) atoms. The molecule has 0 aliphatic carbocycles. The molecule has 3 rings (SSSR count). The van der Waals surface area contributed by atoms with Crippen LogP contribution in [0.3, 0.4) is 0 Å². The number of aliphatic carboxylic acids is 1. The maximum atomic E-state index is 14.0. The van der Waals surface area contributed by atoms with Crippen molar-refractivity contribution in [2.75, 3.05) is 11.5 Å². The normalized spacial score (nSPS) is 14.1. The van der Waals surface area contributed by atoms with Gasteiger partial charge in [-0.2, -0.15) is 0 Å². The molecule has 0 heterocycles. The minimum absolute atomic E-state index is 0. The van der Waals surface area contributed by atoms with Crippen molar-refractivity contribution in [3.8, 4) is 0 Å². The predicted molar refractivity (Wildman–Crippen MR) is 186 cm³/mol. The molecule has 11 nitrogen and oxygen atoms in total. The summed E-state index contributed by atoms with van der Waals surface area (Å²) in [7, 11) is 0. The molecular weight excluding hydrogens is 649 g/mol. The van der Waals surface area contributed by atoms with Crippen molar-refractivity contribution in [2.24, 2.45) is 11.8 Å². The van der Waals surface area contributed by atoms with Gasteiger partial charge in [0, 0.05) is 23.9 Å². The summed E-state index contributed by atoms with van der Waals surface area (Å²) >= 11 is 0. The summed E-state index contributed by atoms with van der Waals surface area (Å²) in [6.45, 7) is 6.96. The second-order valence-electron chi connectivity index (χ2n) is 12.9. The molecule has 0 saturated carbocycles. The largest absolute Gasteiger partial charge is 1.00 e. The van der Waals surface area contributed by atoms with E-state index in [4.69, 9.17) is 4.74 Å². The van der Waals surface area contributed by atoms with E-state index in [0.29, 0.717) is 24.9 Å². The Morgan fingerprint density at radius 2 is 1.52 bits per heavy atom. The van der Waals surface area contributed by atoms with Crippen molar-refractivity contribution < 1.29 is 68.8 Å². The zero-order valence-corrected chi connectivity index (χ0v) is 31.8. The van der Waals surface area contributed by atoms with Crippen molar-refractivity contribution in [3.05, 3.63) is 78.4 Å². The monoisotopic (exact) mass is 699 g/mol. The third-order valence-corrected chi connectivity index (χ3v) is 8.53. The summed E-state index contributed by atoms with van der Waals surface area (Å²) in [5, 5.41) is 39.2. The Morgan fingerprint density at radius 1 is 0.860 bits per heavy atom. The molecule has 0 aliphatic rings. The van der Waals surface area contributed by atoms with E-state index in [1.807, 2.05) is 81.4 Å². The third-order valence-electron chi connectivity index (χ3n) is 8.53. The number of aliphatic hydroxyl groups excluding tert-OH is 2. The number of carboxylic acids is 1. The third kappa shape index (κ3) is 12.7. The fourth-order valence-corrected chi connectivity index (χ4v) is 5.81. The van der Waals surface area contributed by atoms with E-state index in [2.05, 4.69) is 10.6 Å². The van der Waals surface area contributed by atoms with Crippen molar-refractivity contribution in [1.82, 2.24) is 10.6 Å². The zero-order chi connectivity index (χ0) is 35.9. The Hall–Kier alpha value is -3.48. The minimum Gasteiger partial charge on any atom is -0.550 e. The summed E-state index contributed by atoms with van der Waals surface area (Å²) in [4.78, 5) is 54.3. The van der Waals surface area contributed by atoms with Crippen LogP contribution in [-0.4, -0.2) is 64.9 Å². The molecule has 266 valence electrons. The number of nitrogens with zero attached hydrogens (tertiary/aromatic N) is 1. The van der Waals surface area contributed by atoms with Crippen molar-refractivity contribution in [2.45, 2.75) is 97.1 Å². The van der Waals surface area contributed by atoms with Gasteiger partial charge in [-0.05, 0) is 55.5 Å². The van der Waals surface area contributed by atoms with E-state index >= 15 is 0 Å². The van der Waals surface area contributed by atoms with Gasteiger partial charge in [-0.25, -0.2) is 4.79 Å². The molecule has 3 aromatic rings. The molecule has 0 spiro atoms. The molecule has 3 aromatic carbocycles. The number of ether oxygens (including phenoxy) is 1. The van der Waals surface area contributed by atoms with Gasteiger partial charge in [0.15, 0.2) is 0 Å². The van der Waals surface area contributed by atoms with Gasteiger partial charge < -0.3 is 35.5 Å². The second kappa shape index (κ2) is 21.7. The number of hydrogen-bond donors (Lipinski definition) is 4. The molecule has 1 unspecified atom stereocenters. The van der Waals surface area contributed by atoms with Gasteiger partial charge in [-0.3, -0.25) is 14.5 Å². The number of amides is 3. The van der Waals surface area contributed by atoms with Crippen LogP contribution in [-0.2, 0) is 25.7 Å². The van der Waals surface area contributed by atoms with Crippen molar-refractivity contribution >= 4 is 40.3 Å². The first-order chi connectivity index (χ1) is 23.5. The van der Waals surface area contributed by atoms with Crippen LogP contribution in [0, 0.1) is 11.8 Å². The van der Waals surface area contributed by atoms with Crippen LogP contribution >= 0.6 is 0 Å². The van der Waals surface area contributed by atoms with Crippen molar-refractivity contribution in [1.29, 1.82) is 0 Å². The molecule has 0 aromatic heterocycles. The standard InChI is InChI=1S/C38H51N3O8.Na/c1-5-6-18-31(36(45)40-32(22-25(2)3)34(43)23-29(20-21-42)37(46)47)39-35(44)26(4)41(38(48)49-24-27-13-8-7-9-14-27)33-19-12-16-28-15-10-11-17-30(28)33;/h7-17,19,25-26,29,31-32,34,42-43H,5-6,18,20-24H2,1-4H3,(H,39,44)(H,40,45)(H,46,47);/q;+1/p-1/t26-,29?,31-,32-,34-;/m0./s1. The Balaban J connectivity index is 0.00000867. The van der Waals surface area contributed by atoms with Crippen LogP contribution in [0.15, 0.2) is 72.8 Å². The summed E-state index contributed by atoms with van der Waals surface area (Å²) in [5.41, 5.74) is 1.25. The van der Waals surface area contributed by atoms with Gasteiger partial charge in [-0.15, -0.1) is 0 Å². The minimum atomic E-state index is -1.39. The zero-order valence-electron chi connectivity index (χ0n) is 29.8. The molecule has 12 heteroatoms. The number of fused-ring (bicyclic) bond motifs is 1. The van der Waals surface area contributed by atoms with E-state index in [9.17, 15) is 34.5 Å². The van der Waals surface area contributed by atoms with Crippen LogP contribution in [0.25, 0.3) is 10.8 Å². The first-order valence-corrected chi connectivity index (χ1v) is 17.0. The topological polar surface area (TPSA) is 168 Å². The molecular formula is C38H50N3NaO8. The fourth-order valence-electron chi connectivity index (χ4n) is 5.81. The van der Waals surface area contributed by atoms with Gasteiger partial charge in [0.05, 0.1) is 17.8 Å². The summed E-state index contributed by atoms with van der Waals surface area (Å²) < 4.78 is 5.70. The SMILES string of the molecule is CCCC[C@H](NC(=O)[C@H](C)N(C(=O)OCc1ccccc1)c1cccc2ccccc12)C(=O)N[C@@H](CC(C)C)[C@@H](O)CC(CCO)C(=O)[O-].[Na+]. The number of anilines is 1. The van der Waals surface area contributed by atoms with E-state index in [-0.39, 0.29) is 61.5 Å². The van der Waals surface area contributed by atoms with Crippen LogP contribution in [0.2, 0.25) is 0 Å². The number of aliphatic hydroxyl groups is 2. The Bertz CT molecular complexity index is 1520. The first kappa shape index (κ1) is 42.7. The molecule has 0 bridgehead atoms. The Morgan fingerprint density at radius 3 is 2.16 bits per heavy atom. The van der Waals surface area contributed by atoms with Crippen LogP contribution in [0.4, 0.5) is 10.5 Å². The number of carbonyl (C=O) groups is 4. The number of rotatable bonds is 19. The van der Waals surface area contributed by atoms with E-state index in [1.54, 1.807) is 19.1 Å². The molecule has 0 aliphatic heterocycles. The molecule has 5 atom stereocenters. The number of hydrogen-bond acceptors (Lipinski definition) is 8. The first-order valence-electron chi connectivity index (χ1n) is 17.0. The quantitative estimate of drug-likeness (QED) is 0.135. The summed E-state index contributed by atoms with van der Waals surface area (Å²) in [6, 6.07) is 19.2.